The summed E-state index contributed by atoms with van der Waals surface area (Å²) in [6, 6.07) is 0. The number of allylic oxidation sites excluding steroid dienone is 1. The molecule has 0 aliphatic rings. The van der Waals surface area contributed by atoms with Crippen LogP contribution in [0.4, 0.5) is 0 Å². The molecule has 0 bridgehead atoms. The Kier molecular flexibility index (Phi) is 4.76. The van der Waals surface area contributed by atoms with Gasteiger partial charge in [-0.05, 0) is 19.8 Å². The van der Waals surface area contributed by atoms with Crippen LogP contribution in [0.5, 0.6) is 0 Å². The highest BCUT2D eigenvalue weighted by molar-refractivity contribution is 7.56. The van der Waals surface area contributed by atoms with E-state index in [0.717, 1.165) is 0 Å². The summed E-state index contributed by atoms with van der Waals surface area (Å²) in [5.74, 6) is 1.51. The third-order valence-electron chi connectivity index (χ3n) is 1.02. The highest BCUT2D eigenvalue weighted by Crippen LogP contribution is 2.44. The molecule has 72 valence electrons. The first-order valence-electron chi connectivity index (χ1n) is 4.04. The molecule has 0 spiro atoms. The molecular formula is C8H17O3P. The minimum atomic E-state index is -3.48. The fourth-order valence-corrected chi connectivity index (χ4v) is 1.85. The predicted octanol–water partition coefficient (Wildman–Crippen LogP) is 2.77. The summed E-state index contributed by atoms with van der Waals surface area (Å²) in [7, 11) is -3.48. The normalized spacial score (nSPS) is 17.6. The van der Waals surface area contributed by atoms with E-state index in [9.17, 15) is 9.46 Å². The van der Waals surface area contributed by atoms with Crippen molar-refractivity contribution in [1.29, 1.82) is 0 Å². The van der Waals surface area contributed by atoms with E-state index in [2.05, 4.69) is 0 Å². The van der Waals surface area contributed by atoms with Crippen LogP contribution in [0, 0.1) is 5.92 Å². The smallest absolute Gasteiger partial charge is 0.321 e. The molecule has 12 heavy (non-hydrogen) atoms. The largest absolute Gasteiger partial charge is 0.351 e. The van der Waals surface area contributed by atoms with E-state index in [1.807, 2.05) is 13.8 Å². The molecule has 1 unspecified atom stereocenters. The molecule has 0 saturated heterocycles. The Bertz CT molecular complexity index is 196. The Morgan fingerprint density at radius 2 is 1.83 bits per heavy atom. The van der Waals surface area contributed by atoms with Crippen molar-refractivity contribution in [3.8, 4) is 0 Å². The van der Waals surface area contributed by atoms with Crippen molar-refractivity contribution in [3.05, 3.63) is 11.9 Å². The second-order valence-electron chi connectivity index (χ2n) is 3.30. The van der Waals surface area contributed by atoms with Crippen LogP contribution >= 0.6 is 7.60 Å². The summed E-state index contributed by atoms with van der Waals surface area (Å²) in [4.78, 5) is 9.18. The molecule has 0 heterocycles. The zero-order chi connectivity index (χ0) is 9.78. The summed E-state index contributed by atoms with van der Waals surface area (Å²) in [6.45, 7) is 7.33. The lowest BCUT2D eigenvalue weighted by atomic mass is 10.2. The van der Waals surface area contributed by atoms with Gasteiger partial charge in [0.05, 0.1) is 6.10 Å². The van der Waals surface area contributed by atoms with Gasteiger partial charge in [0.1, 0.15) is 0 Å². The molecule has 0 amide bonds. The van der Waals surface area contributed by atoms with Crippen LogP contribution in [-0.2, 0) is 9.09 Å². The Morgan fingerprint density at radius 1 is 1.33 bits per heavy atom. The maximum atomic E-state index is 11.2. The van der Waals surface area contributed by atoms with Crippen molar-refractivity contribution >= 4 is 7.60 Å². The van der Waals surface area contributed by atoms with Crippen LogP contribution in [0.3, 0.4) is 0 Å². The average Bonchev–Trinajstić information content (AvgIpc) is 1.81. The molecular weight excluding hydrogens is 175 g/mol. The first kappa shape index (κ1) is 11.9. The van der Waals surface area contributed by atoms with Crippen molar-refractivity contribution in [2.45, 2.75) is 33.8 Å². The quantitative estimate of drug-likeness (QED) is 0.696. The van der Waals surface area contributed by atoms with Gasteiger partial charge in [-0.2, -0.15) is 0 Å². The van der Waals surface area contributed by atoms with Gasteiger partial charge in [-0.3, -0.25) is 4.57 Å². The lowest BCUT2D eigenvalue weighted by Crippen LogP contribution is -1.98. The highest BCUT2D eigenvalue weighted by Gasteiger charge is 2.16. The summed E-state index contributed by atoms with van der Waals surface area (Å²) in [5, 5.41) is 0. The van der Waals surface area contributed by atoms with E-state index in [1.54, 1.807) is 19.9 Å². The van der Waals surface area contributed by atoms with Gasteiger partial charge in [0.15, 0.2) is 0 Å². The number of hydrogen-bond acceptors (Lipinski definition) is 2. The van der Waals surface area contributed by atoms with Crippen LogP contribution < -0.4 is 0 Å². The third kappa shape index (κ3) is 6.59. The molecule has 0 aliphatic carbocycles. The van der Waals surface area contributed by atoms with Crippen LogP contribution in [-0.4, -0.2) is 11.0 Å². The number of rotatable bonds is 4. The van der Waals surface area contributed by atoms with E-state index in [-0.39, 0.29) is 12.0 Å². The van der Waals surface area contributed by atoms with Gasteiger partial charge in [-0.15, -0.1) is 0 Å². The Morgan fingerprint density at radius 3 is 2.17 bits per heavy atom. The molecule has 0 fully saturated rings. The first-order valence-corrected chi connectivity index (χ1v) is 5.68. The van der Waals surface area contributed by atoms with Crippen LogP contribution in [0.25, 0.3) is 0 Å². The molecule has 0 aromatic heterocycles. The van der Waals surface area contributed by atoms with Gasteiger partial charge < -0.3 is 9.42 Å². The monoisotopic (exact) mass is 192 g/mol. The zero-order valence-corrected chi connectivity index (χ0v) is 8.91. The summed E-state index contributed by atoms with van der Waals surface area (Å²) in [5.41, 5.74) is 0. The van der Waals surface area contributed by atoms with E-state index in [0.29, 0.717) is 0 Å². The zero-order valence-electron chi connectivity index (χ0n) is 8.02. The lowest BCUT2D eigenvalue weighted by Gasteiger charge is -2.10. The highest BCUT2D eigenvalue weighted by atomic mass is 31.2. The molecule has 1 N–H and O–H groups in total. The van der Waals surface area contributed by atoms with Crippen molar-refractivity contribution in [3.63, 3.8) is 0 Å². The maximum Gasteiger partial charge on any atom is 0.351 e. The predicted molar refractivity (Wildman–Crippen MR) is 50.0 cm³/mol. The van der Waals surface area contributed by atoms with Crippen LogP contribution in [0.15, 0.2) is 11.9 Å². The van der Waals surface area contributed by atoms with Gasteiger partial charge in [-0.1, -0.05) is 19.9 Å². The molecule has 3 nitrogen and oxygen atoms in total. The molecule has 0 aliphatic heterocycles. The SMILES string of the molecule is CC(C)/C=C/P(=O)(O)OC(C)C. The van der Waals surface area contributed by atoms with E-state index >= 15 is 0 Å². The molecule has 0 radical (unpaired) electrons. The Balaban J connectivity index is 4.13. The van der Waals surface area contributed by atoms with Gasteiger partial charge in [-0.25, -0.2) is 0 Å². The van der Waals surface area contributed by atoms with E-state index in [4.69, 9.17) is 4.52 Å². The van der Waals surface area contributed by atoms with Crippen molar-refractivity contribution in [2.24, 2.45) is 5.92 Å². The topological polar surface area (TPSA) is 46.5 Å². The number of hydrogen-bond donors (Lipinski definition) is 1. The van der Waals surface area contributed by atoms with Crippen LogP contribution in [0.1, 0.15) is 27.7 Å². The fourth-order valence-electron chi connectivity index (χ4n) is 0.618. The molecule has 0 saturated carbocycles. The molecule has 0 aromatic rings. The third-order valence-corrected chi connectivity index (χ3v) is 2.29. The summed E-state index contributed by atoms with van der Waals surface area (Å²) in [6.07, 6.45) is 1.45. The van der Waals surface area contributed by atoms with Crippen molar-refractivity contribution in [1.82, 2.24) is 0 Å². The minimum absolute atomic E-state index is 0.224. The van der Waals surface area contributed by atoms with Gasteiger partial charge in [0.25, 0.3) is 0 Å². The van der Waals surface area contributed by atoms with Crippen LogP contribution in [0.2, 0.25) is 0 Å². The maximum absolute atomic E-state index is 11.2. The molecule has 4 heteroatoms. The van der Waals surface area contributed by atoms with Gasteiger partial charge in [0, 0.05) is 5.82 Å². The van der Waals surface area contributed by atoms with Gasteiger partial charge >= 0.3 is 7.60 Å². The van der Waals surface area contributed by atoms with Gasteiger partial charge in [0.2, 0.25) is 0 Å². The lowest BCUT2D eigenvalue weighted by molar-refractivity contribution is 0.211. The second kappa shape index (κ2) is 4.80. The Hall–Kier alpha value is -0.110. The van der Waals surface area contributed by atoms with Crippen molar-refractivity contribution < 1.29 is 14.0 Å². The average molecular weight is 192 g/mol. The summed E-state index contributed by atoms with van der Waals surface area (Å²) < 4.78 is 16.0. The second-order valence-corrected chi connectivity index (χ2v) is 4.94. The summed E-state index contributed by atoms with van der Waals surface area (Å²) >= 11 is 0. The van der Waals surface area contributed by atoms with Crippen molar-refractivity contribution in [2.75, 3.05) is 0 Å². The fraction of sp³-hybridized carbons (Fsp3) is 0.750. The molecule has 0 aromatic carbocycles. The van der Waals surface area contributed by atoms with E-state index < -0.39 is 7.60 Å². The van der Waals surface area contributed by atoms with E-state index in [1.165, 1.54) is 5.82 Å². The molecule has 1 atom stereocenters. The standard InChI is InChI=1S/C8H17O3P/c1-7(2)5-6-12(9,10)11-8(3)4/h5-8H,1-4H3,(H,9,10)/b6-5+. The first-order chi connectivity index (χ1) is 5.33. The molecule has 0 rings (SSSR count). The Labute approximate surface area is 74.0 Å². The minimum Gasteiger partial charge on any atom is -0.321 e.